The molecular weight excluding hydrogens is 398 g/mol. The van der Waals surface area contributed by atoms with Gasteiger partial charge in [0.05, 0.1) is 0 Å². The van der Waals surface area contributed by atoms with E-state index in [1.807, 2.05) is 0 Å². The molecule has 0 bridgehead atoms. The van der Waals surface area contributed by atoms with Gasteiger partial charge in [0.15, 0.2) is 11.6 Å². The lowest BCUT2D eigenvalue weighted by Gasteiger charge is -2.19. The van der Waals surface area contributed by atoms with E-state index in [0.717, 1.165) is 11.1 Å². The van der Waals surface area contributed by atoms with Gasteiger partial charge in [-0.15, -0.1) is 0 Å². The Morgan fingerprint density at radius 3 is 1.19 bits per heavy atom. The Hall–Kier alpha value is -2.07. The standard InChI is InChI=1S/C23H26BrN3/c1-22(2,3)17-11-7-15(8-12-17)19-25-20(27-21(24)26-19)16-9-13-18(14-10-16)23(4,5)6/h7-14H,1-6H3. The van der Waals surface area contributed by atoms with Crippen LogP contribution in [0.25, 0.3) is 22.8 Å². The quantitative estimate of drug-likeness (QED) is 0.467. The number of benzene rings is 2. The van der Waals surface area contributed by atoms with Crippen LogP contribution >= 0.6 is 15.9 Å². The van der Waals surface area contributed by atoms with E-state index in [1.54, 1.807) is 0 Å². The van der Waals surface area contributed by atoms with E-state index in [-0.39, 0.29) is 10.8 Å². The molecule has 1 aromatic heterocycles. The number of halogens is 1. The SMILES string of the molecule is CC(C)(C)c1ccc(-c2nc(Br)nc(-c3ccc(C(C)(C)C)cc3)n2)cc1. The Balaban J connectivity index is 1.97. The molecule has 27 heavy (non-hydrogen) atoms. The Bertz CT molecular complexity index is 856. The summed E-state index contributed by atoms with van der Waals surface area (Å²) < 4.78 is 0.544. The molecule has 0 saturated carbocycles. The summed E-state index contributed by atoms with van der Waals surface area (Å²) in [6.07, 6.45) is 0. The first-order valence-corrected chi connectivity index (χ1v) is 9.97. The molecule has 3 rings (SSSR count). The second-order valence-electron chi connectivity index (χ2n) is 8.91. The van der Waals surface area contributed by atoms with Gasteiger partial charge < -0.3 is 0 Å². The van der Waals surface area contributed by atoms with Crippen LogP contribution in [0.1, 0.15) is 52.7 Å². The Labute approximate surface area is 170 Å². The fraction of sp³-hybridized carbons (Fsp3) is 0.348. The molecule has 0 aliphatic heterocycles. The molecule has 0 unspecified atom stereocenters. The monoisotopic (exact) mass is 423 g/mol. The van der Waals surface area contributed by atoms with Crippen molar-refractivity contribution in [1.29, 1.82) is 0 Å². The summed E-state index contributed by atoms with van der Waals surface area (Å²) in [5.41, 5.74) is 4.79. The van der Waals surface area contributed by atoms with E-state index in [9.17, 15) is 0 Å². The molecule has 0 fully saturated rings. The Morgan fingerprint density at radius 2 is 0.889 bits per heavy atom. The molecule has 0 spiro atoms. The van der Waals surface area contributed by atoms with Crippen molar-refractivity contribution in [3.05, 3.63) is 64.4 Å². The van der Waals surface area contributed by atoms with Crippen LogP contribution in [0.15, 0.2) is 53.3 Å². The summed E-state index contributed by atoms with van der Waals surface area (Å²) in [5, 5.41) is 0. The summed E-state index contributed by atoms with van der Waals surface area (Å²) in [7, 11) is 0. The summed E-state index contributed by atoms with van der Waals surface area (Å²) in [6.45, 7) is 13.3. The van der Waals surface area contributed by atoms with Crippen molar-refractivity contribution in [2.75, 3.05) is 0 Å². The molecule has 2 aromatic carbocycles. The molecule has 0 amide bonds. The molecule has 0 radical (unpaired) electrons. The molecule has 3 aromatic rings. The molecule has 0 atom stereocenters. The van der Waals surface area contributed by atoms with E-state index in [4.69, 9.17) is 4.98 Å². The van der Waals surface area contributed by atoms with Crippen LogP contribution in [-0.2, 0) is 10.8 Å². The van der Waals surface area contributed by atoms with Gasteiger partial charge in [-0.25, -0.2) is 15.0 Å². The number of hydrogen-bond acceptors (Lipinski definition) is 3. The van der Waals surface area contributed by atoms with Crippen molar-refractivity contribution in [3.8, 4) is 22.8 Å². The van der Waals surface area contributed by atoms with Crippen LogP contribution in [0.2, 0.25) is 0 Å². The molecular formula is C23H26BrN3. The van der Waals surface area contributed by atoms with E-state index in [0.29, 0.717) is 16.4 Å². The van der Waals surface area contributed by atoms with Crippen molar-refractivity contribution in [3.63, 3.8) is 0 Å². The number of hydrogen-bond donors (Lipinski definition) is 0. The van der Waals surface area contributed by atoms with Crippen molar-refractivity contribution in [2.24, 2.45) is 0 Å². The van der Waals surface area contributed by atoms with Gasteiger partial charge >= 0.3 is 0 Å². The maximum atomic E-state index is 4.71. The molecule has 0 aliphatic carbocycles. The zero-order valence-corrected chi connectivity index (χ0v) is 18.4. The smallest absolute Gasteiger partial charge is 0.200 e. The predicted octanol–water partition coefficient (Wildman–Crippen LogP) is 6.56. The molecule has 0 N–H and O–H groups in total. The van der Waals surface area contributed by atoms with Crippen molar-refractivity contribution >= 4 is 15.9 Å². The van der Waals surface area contributed by atoms with Crippen LogP contribution in [0, 0.1) is 0 Å². The lowest BCUT2D eigenvalue weighted by molar-refractivity contribution is 0.590. The maximum Gasteiger partial charge on any atom is 0.200 e. The molecule has 0 aliphatic rings. The van der Waals surface area contributed by atoms with E-state index in [1.165, 1.54) is 11.1 Å². The first-order valence-electron chi connectivity index (χ1n) is 9.17. The van der Waals surface area contributed by atoms with Gasteiger partial charge in [0.1, 0.15) is 0 Å². The highest BCUT2D eigenvalue weighted by Gasteiger charge is 2.16. The summed E-state index contributed by atoms with van der Waals surface area (Å²) in [5.74, 6) is 1.35. The minimum absolute atomic E-state index is 0.123. The zero-order valence-electron chi connectivity index (χ0n) is 16.8. The molecule has 0 saturated heterocycles. The summed E-state index contributed by atoms with van der Waals surface area (Å²) >= 11 is 3.44. The van der Waals surface area contributed by atoms with Gasteiger partial charge in [-0.2, -0.15) is 0 Å². The van der Waals surface area contributed by atoms with Gasteiger partial charge in [0.2, 0.25) is 4.73 Å². The minimum Gasteiger partial charge on any atom is -0.208 e. The highest BCUT2D eigenvalue weighted by atomic mass is 79.9. The van der Waals surface area contributed by atoms with E-state index >= 15 is 0 Å². The second-order valence-corrected chi connectivity index (χ2v) is 9.62. The first-order chi connectivity index (χ1) is 12.5. The molecule has 140 valence electrons. The molecule has 1 heterocycles. The van der Waals surface area contributed by atoms with Crippen molar-refractivity contribution in [2.45, 2.75) is 52.4 Å². The van der Waals surface area contributed by atoms with Gasteiger partial charge in [0, 0.05) is 11.1 Å². The summed E-state index contributed by atoms with van der Waals surface area (Å²) in [4.78, 5) is 13.7. The van der Waals surface area contributed by atoms with Crippen LogP contribution in [0.4, 0.5) is 0 Å². The number of rotatable bonds is 2. The maximum absolute atomic E-state index is 4.71. The third-order valence-electron chi connectivity index (χ3n) is 4.63. The van der Waals surface area contributed by atoms with E-state index in [2.05, 4.69) is 116 Å². The van der Waals surface area contributed by atoms with Gasteiger partial charge in [-0.3, -0.25) is 0 Å². The van der Waals surface area contributed by atoms with Gasteiger partial charge in [0.25, 0.3) is 0 Å². The van der Waals surface area contributed by atoms with Crippen molar-refractivity contribution < 1.29 is 0 Å². The molecule has 4 heteroatoms. The Kier molecular flexibility index (Phi) is 5.22. The predicted molar refractivity (Wildman–Crippen MR) is 116 cm³/mol. The fourth-order valence-electron chi connectivity index (χ4n) is 2.85. The first kappa shape index (κ1) is 19.7. The highest BCUT2D eigenvalue weighted by Crippen LogP contribution is 2.28. The summed E-state index contributed by atoms with van der Waals surface area (Å²) in [6, 6.07) is 16.9. The third kappa shape index (κ3) is 4.62. The van der Waals surface area contributed by atoms with Crippen molar-refractivity contribution in [1.82, 2.24) is 15.0 Å². The third-order valence-corrected chi connectivity index (χ3v) is 4.98. The zero-order chi connectivity index (χ0) is 19.8. The van der Waals surface area contributed by atoms with Crippen LogP contribution in [-0.4, -0.2) is 15.0 Å². The topological polar surface area (TPSA) is 38.7 Å². The second kappa shape index (κ2) is 7.16. The average molecular weight is 424 g/mol. The largest absolute Gasteiger partial charge is 0.208 e. The average Bonchev–Trinajstić information content (AvgIpc) is 2.60. The van der Waals surface area contributed by atoms with Crippen LogP contribution in [0.3, 0.4) is 0 Å². The number of aromatic nitrogens is 3. The van der Waals surface area contributed by atoms with Gasteiger partial charge in [-0.05, 0) is 37.9 Å². The number of nitrogens with zero attached hydrogens (tertiary/aromatic N) is 3. The fourth-order valence-corrected chi connectivity index (χ4v) is 3.18. The highest BCUT2D eigenvalue weighted by molar-refractivity contribution is 9.10. The lowest BCUT2D eigenvalue weighted by Crippen LogP contribution is -2.10. The van der Waals surface area contributed by atoms with Gasteiger partial charge in [-0.1, -0.05) is 90.1 Å². The van der Waals surface area contributed by atoms with E-state index < -0.39 is 0 Å². The Morgan fingerprint density at radius 1 is 0.556 bits per heavy atom. The molecule has 3 nitrogen and oxygen atoms in total. The van der Waals surface area contributed by atoms with Crippen LogP contribution in [0.5, 0.6) is 0 Å². The lowest BCUT2D eigenvalue weighted by atomic mass is 9.86. The van der Waals surface area contributed by atoms with Crippen LogP contribution < -0.4 is 0 Å². The minimum atomic E-state index is 0.123. The normalized spacial score (nSPS) is 12.3.